The summed E-state index contributed by atoms with van der Waals surface area (Å²) in [6.07, 6.45) is 2.10. The first kappa shape index (κ1) is 31.5. The Balaban J connectivity index is 1.34. The second-order valence-corrected chi connectivity index (χ2v) is 10.6. The Morgan fingerprint density at radius 1 is 1.00 bits per heavy atom. The Morgan fingerprint density at radius 3 is 2.51 bits per heavy atom. The third-order valence-electron chi connectivity index (χ3n) is 7.68. The Kier molecular flexibility index (Phi) is 8.51. The molecule has 1 aliphatic heterocycles. The van der Waals surface area contributed by atoms with Crippen molar-refractivity contribution in [3.63, 3.8) is 0 Å². The first-order valence-electron chi connectivity index (χ1n) is 14.3. The van der Waals surface area contributed by atoms with Gasteiger partial charge in [-0.1, -0.05) is 0 Å². The van der Waals surface area contributed by atoms with Crippen molar-refractivity contribution < 1.29 is 36.6 Å². The number of alkyl halides is 3. The second kappa shape index (κ2) is 12.7. The van der Waals surface area contributed by atoms with Gasteiger partial charge in [-0.25, -0.2) is 23.9 Å². The number of rotatable bonds is 9. The summed E-state index contributed by atoms with van der Waals surface area (Å²) in [5, 5.41) is 9.66. The minimum Gasteiger partial charge on any atom is -0.494 e. The van der Waals surface area contributed by atoms with Crippen LogP contribution in [-0.2, 0) is 11.0 Å². The summed E-state index contributed by atoms with van der Waals surface area (Å²) >= 11 is 0. The zero-order valence-electron chi connectivity index (χ0n) is 25.3. The number of ether oxygens (including phenoxy) is 3. The van der Waals surface area contributed by atoms with Crippen LogP contribution in [0.5, 0.6) is 23.0 Å². The first-order chi connectivity index (χ1) is 22.5. The number of hydrogen-bond donors (Lipinski definition) is 2. The predicted molar refractivity (Wildman–Crippen MR) is 164 cm³/mol. The number of nitrogens with one attached hydrogen (secondary N) is 2. The van der Waals surface area contributed by atoms with Crippen LogP contribution in [0.25, 0.3) is 16.6 Å². The fourth-order valence-electron chi connectivity index (χ4n) is 5.27. The van der Waals surface area contributed by atoms with Crippen LogP contribution >= 0.6 is 0 Å². The third kappa shape index (κ3) is 6.58. The quantitative estimate of drug-likeness (QED) is 0.142. The van der Waals surface area contributed by atoms with Crippen LogP contribution in [0.3, 0.4) is 0 Å². The smallest absolute Gasteiger partial charge is 0.420 e. The third-order valence-corrected chi connectivity index (χ3v) is 7.68. The van der Waals surface area contributed by atoms with Crippen molar-refractivity contribution in [2.75, 3.05) is 38.4 Å². The molecule has 16 heteroatoms. The molecule has 0 spiro atoms. The van der Waals surface area contributed by atoms with E-state index in [-0.39, 0.29) is 40.5 Å². The van der Waals surface area contributed by atoms with E-state index in [1.807, 2.05) is 11.9 Å². The largest absolute Gasteiger partial charge is 0.494 e. The average Bonchev–Trinajstić information content (AvgIpc) is 3.68. The lowest BCUT2D eigenvalue weighted by Gasteiger charge is -2.19. The number of pyridine rings is 1. The van der Waals surface area contributed by atoms with Gasteiger partial charge in [0.1, 0.15) is 47.0 Å². The minimum atomic E-state index is -4.82. The average molecular weight is 653 g/mol. The zero-order valence-corrected chi connectivity index (χ0v) is 25.3. The molecule has 1 unspecified atom stereocenters. The highest BCUT2D eigenvalue weighted by Crippen LogP contribution is 2.45. The summed E-state index contributed by atoms with van der Waals surface area (Å²) in [5.74, 6) is -2.07. The van der Waals surface area contributed by atoms with Gasteiger partial charge >= 0.3 is 6.18 Å². The van der Waals surface area contributed by atoms with Crippen molar-refractivity contribution in [3.8, 4) is 23.0 Å². The van der Waals surface area contributed by atoms with Gasteiger partial charge < -0.3 is 24.8 Å². The van der Waals surface area contributed by atoms with Crippen molar-refractivity contribution in [1.29, 1.82) is 0 Å². The molecule has 2 N–H and O–H groups in total. The number of anilines is 3. The van der Waals surface area contributed by atoms with Gasteiger partial charge in [0.25, 0.3) is 5.91 Å². The maximum Gasteiger partial charge on any atom is 0.420 e. The van der Waals surface area contributed by atoms with Gasteiger partial charge in [0.05, 0.1) is 31.1 Å². The molecule has 244 valence electrons. The van der Waals surface area contributed by atoms with Gasteiger partial charge in [-0.15, -0.1) is 0 Å². The summed E-state index contributed by atoms with van der Waals surface area (Å²) in [6, 6.07) is 7.57. The molecule has 1 aliphatic rings. The SMILES string of the molecule is COc1cc2ncnc(Nc3cc(C(F)(F)F)c(Oc4ccn5ncnc5c4)cc3OC)c2cc1NC(=O)/C(F)=C/C1CCCN1C. The summed E-state index contributed by atoms with van der Waals surface area (Å²) in [6.45, 7) is 0.801. The molecule has 0 bridgehead atoms. The monoisotopic (exact) mass is 652 g/mol. The number of nitrogens with zero attached hydrogens (tertiary/aromatic N) is 6. The Morgan fingerprint density at radius 2 is 1.79 bits per heavy atom. The summed E-state index contributed by atoms with van der Waals surface area (Å²) in [4.78, 5) is 27.2. The molecule has 1 atom stereocenters. The lowest BCUT2D eigenvalue weighted by atomic mass is 10.1. The number of fused-ring (bicyclic) bond motifs is 2. The molecule has 3 aromatic heterocycles. The van der Waals surface area contributed by atoms with Crippen molar-refractivity contribution in [1.82, 2.24) is 29.5 Å². The number of hydrogen-bond acceptors (Lipinski definition) is 10. The molecule has 0 radical (unpaired) electrons. The lowest BCUT2D eigenvalue weighted by Crippen LogP contribution is -2.24. The fourth-order valence-corrected chi connectivity index (χ4v) is 5.27. The molecule has 4 heterocycles. The molecule has 6 rings (SSSR count). The van der Waals surface area contributed by atoms with E-state index in [1.54, 1.807) is 0 Å². The molecule has 5 aromatic rings. The maximum absolute atomic E-state index is 14.9. The standard InChI is InChI=1S/C31H28F4N8O4/c1-42-7-4-5-17(42)9-21(32)30(44)41-23-11-19-22(13-26(23)45-2)36-15-38-29(19)40-24-12-20(31(33,34)35)25(14-27(24)46-3)47-18-6-8-43-28(10-18)37-16-39-43/h6,8-17H,4-5,7H2,1-3H3,(H,41,44)(H,36,38,40)/b21-9-. The number of amides is 1. The molecular weight excluding hydrogens is 624 g/mol. The Labute approximate surface area is 265 Å². The van der Waals surface area contributed by atoms with Crippen LogP contribution in [0.1, 0.15) is 18.4 Å². The van der Waals surface area contributed by atoms with Crippen molar-refractivity contribution >= 4 is 39.6 Å². The van der Waals surface area contributed by atoms with Crippen molar-refractivity contribution in [2.24, 2.45) is 0 Å². The van der Waals surface area contributed by atoms with Crippen molar-refractivity contribution in [2.45, 2.75) is 25.1 Å². The highest BCUT2D eigenvalue weighted by molar-refractivity contribution is 6.05. The molecule has 47 heavy (non-hydrogen) atoms. The Bertz CT molecular complexity index is 2000. The van der Waals surface area contributed by atoms with E-state index in [9.17, 15) is 22.4 Å². The number of methoxy groups -OCH3 is 2. The van der Waals surface area contributed by atoms with Crippen LogP contribution in [-0.4, -0.2) is 69.2 Å². The predicted octanol–water partition coefficient (Wildman–Crippen LogP) is 6.13. The number of aromatic nitrogens is 5. The van der Waals surface area contributed by atoms with Gasteiger partial charge in [-0.2, -0.15) is 18.3 Å². The van der Waals surface area contributed by atoms with E-state index in [0.717, 1.165) is 31.5 Å². The normalized spacial score (nSPS) is 15.6. The minimum absolute atomic E-state index is 0.00875. The topological polar surface area (TPSA) is 128 Å². The molecule has 1 saturated heterocycles. The van der Waals surface area contributed by atoms with Crippen LogP contribution < -0.4 is 24.8 Å². The van der Waals surface area contributed by atoms with E-state index in [0.29, 0.717) is 16.6 Å². The van der Waals surface area contributed by atoms with E-state index < -0.39 is 29.2 Å². The maximum atomic E-state index is 14.9. The van der Waals surface area contributed by atoms with E-state index >= 15 is 0 Å². The molecule has 12 nitrogen and oxygen atoms in total. The zero-order chi connectivity index (χ0) is 33.3. The molecule has 1 fully saturated rings. The second-order valence-electron chi connectivity index (χ2n) is 10.6. The number of carbonyl (C=O) groups is 1. The van der Waals surface area contributed by atoms with Gasteiger partial charge in [0, 0.05) is 35.8 Å². The molecular formula is C31H28F4N8O4. The number of carbonyl (C=O) groups excluding carboxylic acids is 1. The van der Waals surface area contributed by atoms with Crippen LogP contribution in [0, 0.1) is 0 Å². The fraction of sp³-hybridized carbons (Fsp3) is 0.258. The highest BCUT2D eigenvalue weighted by atomic mass is 19.4. The lowest BCUT2D eigenvalue weighted by molar-refractivity contribution is -0.138. The van der Waals surface area contributed by atoms with Crippen molar-refractivity contribution in [3.05, 3.63) is 72.7 Å². The first-order valence-corrected chi connectivity index (χ1v) is 14.3. The Hall–Kier alpha value is -5.51. The molecule has 0 saturated carbocycles. The summed E-state index contributed by atoms with van der Waals surface area (Å²) < 4.78 is 75.8. The number of halogens is 4. The number of likely N-dealkylation sites (N-methyl/N-ethyl adjacent to an activating group) is 1. The molecule has 2 aromatic carbocycles. The van der Waals surface area contributed by atoms with E-state index in [4.69, 9.17) is 14.2 Å². The van der Waals surface area contributed by atoms with Crippen LogP contribution in [0.4, 0.5) is 34.8 Å². The van der Waals surface area contributed by atoms with E-state index in [1.165, 1.54) is 67.9 Å². The highest BCUT2D eigenvalue weighted by Gasteiger charge is 2.36. The van der Waals surface area contributed by atoms with Crippen LogP contribution in [0.2, 0.25) is 0 Å². The number of likely N-dealkylation sites (tertiary alicyclic amines) is 1. The number of benzene rings is 2. The van der Waals surface area contributed by atoms with E-state index in [2.05, 4.69) is 30.7 Å². The molecule has 0 aliphatic carbocycles. The van der Waals surface area contributed by atoms with Gasteiger partial charge in [-0.05, 0) is 50.7 Å². The van der Waals surface area contributed by atoms with Gasteiger partial charge in [0.15, 0.2) is 11.5 Å². The summed E-state index contributed by atoms with van der Waals surface area (Å²) in [5.41, 5.74) is -0.368. The summed E-state index contributed by atoms with van der Waals surface area (Å²) in [7, 11) is 4.52. The van der Waals surface area contributed by atoms with Gasteiger partial charge in [0.2, 0.25) is 0 Å². The van der Waals surface area contributed by atoms with Crippen LogP contribution in [0.15, 0.2) is 67.2 Å². The van der Waals surface area contributed by atoms with Gasteiger partial charge in [-0.3, -0.25) is 9.69 Å². The molecule has 1 amide bonds.